The van der Waals surface area contributed by atoms with Crippen molar-refractivity contribution in [2.75, 3.05) is 19.0 Å². The number of nitrogens with zero attached hydrogens (tertiary/aromatic N) is 2. The van der Waals surface area contributed by atoms with Crippen LogP contribution in [0.2, 0.25) is 0 Å². The molecule has 5 nitrogen and oxygen atoms in total. The second-order valence-electron chi connectivity index (χ2n) is 5.80. The van der Waals surface area contributed by atoms with Crippen molar-refractivity contribution in [3.8, 4) is 5.75 Å². The third-order valence-corrected chi connectivity index (χ3v) is 3.47. The van der Waals surface area contributed by atoms with Crippen LogP contribution in [0.4, 0.5) is 5.69 Å². The fraction of sp³-hybridized carbons (Fsp3) is 0.263. The van der Waals surface area contributed by atoms with Gasteiger partial charge in [0.2, 0.25) is 0 Å². The molecule has 0 bridgehead atoms. The molecule has 24 heavy (non-hydrogen) atoms. The smallest absolute Gasteiger partial charge is 0.280 e. The van der Waals surface area contributed by atoms with Crippen LogP contribution in [0.15, 0.2) is 53.6 Å². The van der Waals surface area contributed by atoms with Crippen LogP contribution in [0.1, 0.15) is 18.1 Å². The number of hydrogen-bond donors (Lipinski definition) is 1. The summed E-state index contributed by atoms with van der Waals surface area (Å²) in [4.78, 5) is 14.0. The monoisotopic (exact) mass is 325 g/mol. The van der Waals surface area contributed by atoms with E-state index in [0.717, 1.165) is 16.8 Å². The second-order valence-corrected chi connectivity index (χ2v) is 5.80. The maximum atomic E-state index is 12.0. The van der Waals surface area contributed by atoms with Crippen molar-refractivity contribution in [2.45, 2.75) is 20.0 Å². The van der Waals surface area contributed by atoms with Crippen molar-refractivity contribution in [3.63, 3.8) is 0 Å². The fourth-order valence-corrected chi connectivity index (χ4v) is 2.07. The highest BCUT2D eigenvalue weighted by atomic mass is 16.5. The molecule has 0 spiro atoms. The zero-order chi connectivity index (χ0) is 17.5. The van der Waals surface area contributed by atoms with Gasteiger partial charge < -0.3 is 9.64 Å². The summed E-state index contributed by atoms with van der Waals surface area (Å²) in [6.45, 7) is 3.67. The molecular formula is C19H23N3O2. The van der Waals surface area contributed by atoms with E-state index in [9.17, 15) is 4.79 Å². The SMILES string of the molecule is Cc1cccc(O[C@@H](C)C(=O)N/N=C/c2ccc(N(C)C)cc2)c1. The van der Waals surface area contributed by atoms with Gasteiger partial charge in [-0.25, -0.2) is 5.43 Å². The first-order valence-corrected chi connectivity index (χ1v) is 7.79. The number of aryl methyl sites for hydroxylation is 1. The summed E-state index contributed by atoms with van der Waals surface area (Å²) in [5.74, 6) is 0.374. The van der Waals surface area contributed by atoms with Crippen LogP contribution in [0, 0.1) is 6.92 Å². The van der Waals surface area contributed by atoms with E-state index in [1.54, 1.807) is 13.1 Å². The number of anilines is 1. The lowest BCUT2D eigenvalue weighted by atomic mass is 10.2. The van der Waals surface area contributed by atoms with Crippen LogP contribution in [0.3, 0.4) is 0 Å². The Kier molecular flexibility index (Phi) is 5.95. The van der Waals surface area contributed by atoms with E-state index in [-0.39, 0.29) is 5.91 Å². The number of ether oxygens (including phenoxy) is 1. The number of benzene rings is 2. The Morgan fingerprint density at radius 2 is 1.92 bits per heavy atom. The van der Waals surface area contributed by atoms with Crippen molar-refractivity contribution in [1.82, 2.24) is 5.43 Å². The van der Waals surface area contributed by atoms with Gasteiger partial charge >= 0.3 is 0 Å². The van der Waals surface area contributed by atoms with Gasteiger partial charge in [0, 0.05) is 19.8 Å². The van der Waals surface area contributed by atoms with Gasteiger partial charge in [-0.3, -0.25) is 4.79 Å². The Morgan fingerprint density at radius 1 is 1.21 bits per heavy atom. The van der Waals surface area contributed by atoms with Crippen molar-refractivity contribution >= 4 is 17.8 Å². The number of nitrogens with one attached hydrogen (secondary N) is 1. The highest BCUT2D eigenvalue weighted by molar-refractivity contribution is 5.84. The average Bonchev–Trinajstić information content (AvgIpc) is 2.55. The average molecular weight is 325 g/mol. The minimum absolute atomic E-state index is 0.294. The summed E-state index contributed by atoms with van der Waals surface area (Å²) >= 11 is 0. The molecule has 1 atom stereocenters. The molecule has 0 saturated heterocycles. The number of rotatable bonds is 6. The first kappa shape index (κ1) is 17.5. The molecule has 126 valence electrons. The van der Waals surface area contributed by atoms with E-state index in [2.05, 4.69) is 10.5 Å². The van der Waals surface area contributed by atoms with E-state index >= 15 is 0 Å². The highest BCUT2D eigenvalue weighted by Gasteiger charge is 2.13. The molecule has 1 amide bonds. The number of carbonyl (C=O) groups is 1. The Hall–Kier alpha value is -2.82. The molecule has 0 aliphatic heterocycles. The van der Waals surface area contributed by atoms with Gasteiger partial charge in [0.25, 0.3) is 5.91 Å². The number of carbonyl (C=O) groups excluding carboxylic acids is 1. The maximum Gasteiger partial charge on any atom is 0.280 e. The third-order valence-electron chi connectivity index (χ3n) is 3.47. The van der Waals surface area contributed by atoms with Gasteiger partial charge in [-0.15, -0.1) is 0 Å². The standard InChI is InChI=1S/C19H23N3O2/c1-14-6-5-7-18(12-14)24-15(2)19(23)21-20-13-16-8-10-17(11-9-16)22(3)4/h5-13,15H,1-4H3,(H,21,23)/b20-13+/t15-/m0/s1. The molecule has 0 radical (unpaired) electrons. The zero-order valence-corrected chi connectivity index (χ0v) is 14.5. The van der Waals surface area contributed by atoms with Gasteiger partial charge in [-0.2, -0.15) is 5.10 Å². The van der Waals surface area contributed by atoms with E-state index < -0.39 is 6.10 Å². The van der Waals surface area contributed by atoms with Crippen LogP contribution < -0.4 is 15.1 Å². The Bertz CT molecular complexity index is 709. The summed E-state index contributed by atoms with van der Waals surface area (Å²) < 4.78 is 5.61. The summed E-state index contributed by atoms with van der Waals surface area (Å²) in [6.07, 6.45) is 0.983. The third kappa shape index (κ3) is 5.12. The predicted molar refractivity (Wildman–Crippen MR) is 97.8 cm³/mol. The molecule has 0 saturated carbocycles. The van der Waals surface area contributed by atoms with Gasteiger partial charge in [0.05, 0.1) is 6.21 Å². The van der Waals surface area contributed by atoms with E-state index in [1.165, 1.54) is 0 Å². The largest absolute Gasteiger partial charge is 0.481 e. The van der Waals surface area contributed by atoms with Gasteiger partial charge in [-0.05, 0) is 49.2 Å². The molecular weight excluding hydrogens is 302 g/mol. The number of hydrazone groups is 1. The molecule has 0 fully saturated rings. The zero-order valence-electron chi connectivity index (χ0n) is 14.5. The minimum atomic E-state index is -0.625. The maximum absolute atomic E-state index is 12.0. The second kappa shape index (κ2) is 8.15. The Morgan fingerprint density at radius 3 is 2.54 bits per heavy atom. The molecule has 2 rings (SSSR count). The number of amides is 1. The summed E-state index contributed by atoms with van der Waals surface area (Å²) in [7, 11) is 3.97. The van der Waals surface area contributed by atoms with Crippen LogP contribution >= 0.6 is 0 Å². The van der Waals surface area contributed by atoms with Crippen LogP contribution in [-0.4, -0.2) is 32.3 Å². The predicted octanol–water partition coefficient (Wildman–Crippen LogP) is 2.98. The summed E-state index contributed by atoms with van der Waals surface area (Å²) in [5.41, 5.74) is 5.60. The highest BCUT2D eigenvalue weighted by Crippen LogP contribution is 2.14. The van der Waals surface area contributed by atoms with E-state index in [0.29, 0.717) is 5.75 Å². The van der Waals surface area contributed by atoms with Crippen molar-refractivity contribution in [2.24, 2.45) is 5.10 Å². The molecule has 0 aliphatic carbocycles. The topological polar surface area (TPSA) is 53.9 Å². The molecule has 0 heterocycles. The lowest BCUT2D eigenvalue weighted by Gasteiger charge is -2.13. The first-order valence-electron chi connectivity index (χ1n) is 7.79. The quantitative estimate of drug-likeness (QED) is 0.656. The fourth-order valence-electron chi connectivity index (χ4n) is 2.07. The number of hydrogen-bond acceptors (Lipinski definition) is 4. The van der Waals surface area contributed by atoms with E-state index in [1.807, 2.05) is 74.4 Å². The Balaban J connectivity index is 1.87. The molecule has 1 N–H and O–H groups in total. The lowest BCUT2D eigenvalue weighted by Crippen LogP contribution is -2.33. The van der Waals surface area contributed by atoms with Crippen LogP contribution in [0.25, 0.3) is 0 Å². The molecule has 0 aromatic heterocycles. The molecule has 0 unspecified atom stereocenters. The van der Waals surface area contributed by atoms with E-state index in [4.69, 9.17) is 4.74 Å². The molecule has 0 aliphatic rings. The van der Waals surface area contributed by atoms with Crippen molar-refractivity contribution < 1.29 is 9.53 Å². The minimum Gasteiger partial charge on any atom is -0.481 e. The lowest BCUT2D eigenvalue weighted by molar-refractivity contribution is -0.127. The normalized spacial score (nSPS) is 12.0. The first-order chi connectivity index (χ1) is 11.5. The Labute approximate surface area is 142 Å². The molecule has 5 heteroatoms. The summed E-state index contributed by atoms with van der Waals surface area (Å²) in [5, 5.41) is 3.98. The van der Waals surface area contributed by atoms with Crippen molar-refractivity contribution in [3.05, 3.63) is 59.7 Å². The van der Waals surface area contributed by atoms with Gasteiger partial charge in [-0.1, -0.05) is 24.3 Å². The summed E-state index contributed by atoms with van der Waals surface area (Å²) in [6, 6.07) is 15.5. The molecule has 2 aromatic rings. The van der Waals surface area contributed by atoms with Gasteiger partial charge in [0.15, 0.2) is 6.10 Å². The van der Waals surface area contributed by atoms with Crippen LogP contribution in [-0.2, 0) is 4.79 Å². The van der Waals surface area contributed by atoms with Crippen molar-refractivity contribution in [1.29, 1.82) is 0 Å². The van der Waals surface area contributed by atoms with Crippen LogP contribution in [0.5, 0.6) is 5.75 Å². The van der Waals surface area contributed by atoms with Gasteiger partial charge in [0.1, 0.15) is 5.75 Å². The molecule has 2 aromatic carbocycles.